The third kappa shape index (κ3) is 8.46. The van der Waals surface area contributed by atoms with Crippen molar-refractivity contribution >= 4 is 35.1 Å². The first-order valence-electron chi connectivity index (χ1n) is 17.4. The van der Waals surface area contributed by atoms with Gasteiger partial charge in [-0.2, -0.15) is 5.10 Å². The minimum atomic E-state index is -0.934. The van der Waals surface area contributed by atoms with E-state index in [4.69, 9.17) is 0 Å². The Morgan fingerprint density at radius 3 is 2.04 bits per heavy atom. The van der Waals surface area contributed by atoms with Crippen LogP contribution in [0, 0.1) is 11.8 Å². The maximum Gasteiger partial charge on any atom is 0.245 e. The molecule has 11 nitrogen and oxygen atoms in total. The minimum absolute atomic E-state index is 0.0941. The van der Waals surface area contributed by atoms with E-state index in [0.29, 0.717) is 43.9 Å². The van der Waals surface area contributed by atoms with E-state index in [1.165, 1.54) is 5.56 Å². The van der Waals surface area contributed by atoms with E-state index in [2.05, 4.69) is 50.2 Å². The van der Waals surface area contributed by atoms with Gasteiger partial charge in [-0.1, -0.05) is 73.7 Å². The highest BCUT2D eigenvalue weighted by molar-refractivity contribution is 6.11. The van der Waals surface area contributed by atoms with Crippen LogP contribution in [0.4, 0.5) is 11.5 Å². The number of amides is 4. The SMILES string of the molecule is CCC(=O)N[C@H](Cc1ccc(NC(=O)[C@@H](C(=O)Nc2ccnn2C)C2Cc3ccccc3C2)cc1)C(=O)N1CCN(Cc2ccccc2)CC1. The molecule has 4 amide bonds. The van der Waals surface area contributed by atoms with Crippen LogP contribution in [0.15, 0.2) is 91.1 Å². The van der Waals surface area contributed by atoms with Crippen molar-refractivity contribution in [3.63, 3.8) is 0 Å². The van der Waals surface area contributed by atoms with E-state index in [9.17, 15) is 19.2 Å². The Labute approximate surface area is 293 Å². The Morgan fingerprint density at radius 1 is 0.780 bits per heavy atom. The summed E-state index contributed by atoms with van der Waals surface area (Å²) in [5, 5.41) is 12.9. The standard InChI is InChI=1S/C39H45N7O4/c1-3-35(47)42-33(39(50)46-21-19-45(20-22-46)26-28-9-5-4-6-10-28)23-27-13-15-32(16-14-27)41-37(48)36(38(49)43-34-17-18-40-44(34)2)31-24-29-11-7-8-12-30(29)25-31/h4-18,31,33,36H,3,19-26H2,1-2H3,(H,41,48)(H,42,47)(H,43,49)/t33-,36+/m1/s1. The number of piperazine rings is 1. The van der Waals surface area contributed by atoms with Gasteiger partial charge in [-0.3, -0.25) is 28.8 Å². The second-order valence-electron chi connectivity index (χ2n) is 13.2. The van der Waals surface area contributed by atoms with Crippen molar-refractivity contribution < 1.29 is 19.2 Å². The molecule has 1 fully saturated rings. The van der Waals surface area contributed by atoms with Crippen molar-refractivity contribution in [3.05, 3.63) is 113 Å². The van der Waals surface area contributed by atoms with Gasteiger partial charge in [-0.25, -0.2) is 0 Å². The molecule has 2 atom stereocenters. The molecule has 2 aliphatic rings. The fraction of sp³-hybridized carbons (Fsp3) is 0.359. The number of hydrogen-bond acceptors (Lipinski definition) is 6. The quantitative estimate of drug-likeness (QED) is 0.196. The molecule has 0 unspecified atom stereocenters. The zero-order valence-corrected chi connectivity index (χ0v) is 28.7. The first-order chi connectivity index (χ1) is 24.3. The smallest absolute Gasteiger partial charge is 0.245 e. The minimum Gasteiger partial charge on any atom is -0.344 e. The monoisotopic (exact) mass is 675 g/mol. The fourth-order valence-electron chi connectivity index (χ4n) is 6.94. The summed E-state index contributed by atoms with van der Waals surface area (Å²) < 4.78 is 1.56. The van der Waals surface area contributed by atoms with Gasteiger partial charge >= 0.3 is 0 Å². The summed E-state index contributed by atoms with van der Waals surface area (Å²) in [6, 6.07) is 26.6. The van der Waals surface area contributed by atoms with E-state index >= 15 is 0 Å². The lowest BCUT2D eigenvalue weighted by Crippen LogP contribution is -2.55. The Kier molecular flexibility index (Phi) is 11.0. The zero-order valence-electron chi connectivity index (χ0n) is 28.7. The van der Waals surface area contributed by atoms with Crippen LogP contribution in [-0.2, 0) is 52.0 Å². The molecule has 11 heteroatoms. The van der Waals surface area contributed by atoms with Gasteiger partial charge in [0.1, 0.15) is 17.8 Å². The molecular weight excluding hydrogens is 630 g/mol. The molecule has 4 aromatic rings. The number of fused-ring (bicyclic) bond motifs is 1. The number of carbonyl (C=O) groups excluding carboxylic acids is 4. The molecule has 3 N–H and O–H groups in total. The van der Waals surface area contributed by atoms with Gasteiger partial charge in [0, 0.05) is 64.4 Å². The first-order valence-corrected chi connectivity index (χ1v) is 17.4. The van der Waals surface area contributed by atoms with Crippen LogP contribution in [0.5, 0.6) is 0 Å². The number of aromatic nitrogens is 2. The molecule has 0 radical (unpaired) electrons. The number of hydrogen-bond donors (Lipinski definition) is 3. The van der Waals surface area contributed by atoms with Crippen LogP contribution >= 0.6 is 0 Å². The molecular formula is C39H45N7O4. The lowest BCUT2D eigenvalue weighted by atomic mass is 9.87. The average molecular weight is 676 g/mol. The number of anilines is 2. The summed E-state index contributed by atoms with van der Waals surface area (Å²) in [5.41, 5.74) is 4.94. The van der Waals surface area contributed by atoms with Crippen molar-refractivity contribution in [1.29, 1.82) is 0 Å². The van der Waals surface area contributed by atoms with Gasteiger partial charge < -0.3 is 20.9 Å². The normalized spacial score (nSPS) is 15.9. The number of rotatable bonds is 12. The van der Waals surface area contributed by atoms with E-state index in [1.54, 1.807) is 43.0 Å². The van der Waals surface area contributed by atoms with Gasteiger partial charge in [0.25, 0.3) is 0 Å². The highest BCUT2D eigenvalue weighted by Crippen LogP contribution is 2.33. The van der Waals surface area contributed by atoms with E-state index in [1.807, 2.05) is 47.4 Å². The fourth-order valence-corrected chi connectivity index (χ4v) is 6.94. The second-order valence-corrected chi connectivity index (χ2v) is 13.2. The predicted molar refractivity (Wildman–Crippen MR) is 192 cm³/mol. The third-order valence-corrected chi connectivity index (χ3v) is 9.74. The maximum absolute atomic E-state index is 13.8. The van der Waals surface area contributed by atoms with Crippen molar-refractivity contribution in [2.75, 3.05) is 36.8 Å². The molecule has 1 aliphatic carbocycles. The molecule has 0 spiro atoms. The zero-order chi connectivity index (χ0) is 35.0. The molecule has 1 aliphatic heterocycles. The predicted octanol–water partition coefficient (Wildman–Crippen LogP) is 3.81. The van der Waals surface area contributed by atoms with Gasteiger partial charge in [-0.15, -0.1) is 0 Å². The van der Waals surface area contributed by atoms with E-state index < -0.39 is 12.0 Å². The van der Waals surface area contributed by atoms with Gasteiger partial charge in [0.05, 0.1) is 6.20 Å². The Balaban J connectivity index is 1.10. The molecule has 0 bridgehead atoms. The third-order valence-electron chi connectivity index (χ3n) is 9.74. The number of nitrogens with zero attached hydrogens (tertiary/aromatic N) is 4. The summed E-state index contributed by atoms with van der Waals surface area (Å²) in [7, 11) is 1.73. The van der Waals surface area contributed by atoms with Crippen LogP contribution in [0.25, 0.3) is 0 Å². The largest absolute Gasteiger partial charge is 0.344 e. The summed E-state index contributed by atoms with van der Waals surface area (Å²) >= 11 is 0. The van der Waals surface area contributed by atoms with Crippen molar-refractivity contribution in [1.82, 2.24) is 24.9 Å². The molecule has 3 aromatic carbocycles. The second kappa shape index (κ2) is 15.9. The highest BCUT2D eigenvalue weighted by atomic mass is 16.2. The van der Waals surface area contributed by atoms with Crippen molar-refractivity contribution in [2.45, 2.75) is 45.2 Å². The van der Waals surface area contributed by atoms with Gasteiger partial charge in [-0.05, 0) is 53.1 Å². The highest BCUT2D eigenvalue weighted by Gasteiger charge is 2.39. The number of carbonyl (C=O) groups is 4. The summed E-state index contributed by atoms with van der Waals surface area (Å²) in [5.74, 6) is -1.66. The average Bonchev–Trinajstić information content (AvgIpc) is 3.74. The van der Waals surface area contributed by atoms with Crippen LogP contribution in [-0.4, -0.2) is 75.4 Å². The van der Waals surface area contributed by atoms with Crippen molar-refractivity contribution in [3.8, 4) is 0 Å². The topological polar surface area (TPSA) is 129 Å². The summed E-state index contributed by atoms with van der Waals surface area (Å²) in [4.78, 5) is 57.8. The van der Waals surface area contributed by atoms with Crippen LogP contribution < -0.4 is 16.0 Å². The Bertz CT molecular complexity index is 1770. The maximum atomic E-state index is 13.8. The number of benzene rings is 3. The Morgan fingerprint density at radius 2 is 1.42 bits per heavy atom. The van der Waals surface area contributed by atoms with Crippen molar-refractivity contribution in [2.24, 2.45) is 18.9 Å². The molecule has 2 heterocycles. The van der Waals surface area contributed by atoms with Gasteiger partial charge in [0.15, 0.2) is 0 Å². The Hall–Kier alpha value is -5.29. The molecule has 1 aromatic heterocycles. The molecule has 1 saturated heterocycles. The lowest BCUT2D eigenvalue weighted by molar-refractivity contribution is -0.138. The van der Waals surface area contributed by atoms with Gasteiger partial charge in [0.2, 0.25) is 23.6 Å². The molecule has 6 rings (SSSR count). The summed E-state index contributed by atoms with van der Waals surface area (Å²) in [6.07, 6.45) is 3.46. The molecule has 0 saturated carbocycles. The van der Waals surface area contributed by atoms with Crippen LogP contribution in [0.3, 0.4) is 0 Å². The first kappa shape index (κ1) is 34.6. The van der Waals surface area contributed by atoms with Crippen LogP contribution in [0.2, 0.25) is 0 Å². The molecule has 50 heavy (non-hydrogen) atoms. The summed E-state index contributed by atoms with van der Waals surface area (Å²) in [6.45, 7) is 5.32. The number of aryl methyl sites for hydroxylation is 1. The molecule has 260 valence electrons. The number of nitrogens with one attached hydrogen (secondary N) is 3. The van der Waals surface area contributed by atoms with E-state index in [0.717, 1.165) is 36.3 Å². The van der Waals surface area contributed by atoms with E-state index in [-0.39, 0.29) is 36.0 Å². The lowest BCUT2D eigenvalue weighted by Gasteiger charge is -2.36. The van der Waals surface area contributed by atoms with Crippen LogP contribution in [0.1, 0.15) is 35.6 Å².